The maximum Gasteiger partial charge on any atom is 0.312 e. The summed E-state index contributed by atoms with van der Waals surface area (Å²) in [5.41, 5.74) is -0.211. The molecular weight excluding hydrogens is 392 g/mol. The van der Waals surface area contributed by atoms with Crippen LogP contribution in [-0.4, -0.2) is 12.6 Å². The van der Waals surface area contributed by atoms with Gasteiger partial charge in [0.25, 0.3) is 0 Å². The smallest absolute Gasteiger partial charge is 0.312 e. The molecule has 0 heterocycles. The van der Waals surface area contributed by atoms with E-state index in [0.29, 0.717) is 6.61 Å². The van der Waals surface area contributed by atoms with Crippen molar-refractivity contribution in [1.82, 2.24) is 0 Å². The fourth-order valence-corrected chi connectivity index (χ4v) is 4.83. The van der Waals surface area contributed by atoms with Gasteiger partial charge in [0.15, 0.2) is 0 Å². The van der Waals surface area contributed by atoms with Gasteiger partial charge in [0.05, 0.1) is 12.0 Å². The van der Waals surface area contributed by atoms with E-state index in [0.717, 1.165) is 57.8 Å². The van der Waals surface area contributed by atoms with Gasteiger partial charge in [-0.3, -0.25) is 4.79 Å². The molecule has 0 saturated carbocycles. The molecule has 0 unspecified atom stereocenters. The predicted octanol–water partition coefficient (Wildman–Crippen LogP) is 10.6. The molecule has 0 amide bonds. The molecule has 0 aliphatic rings. The minimum absolute atomic E-state index is 0.113. The van der Waals surface area contributed by atoms with Crippen LogP contribution in [0.2, 0.25) is 0 Å². The second-order valence-corrected chi connectivity index (χ2v) is 10.3. The van der Waals surface area contributed by atoms with E-state index in [1.54, 1.807) is 0 Å². The molecule has 0 radical (unpaired) electrons. The van der Waals surface area contributed by atoms with E-state index in [1.807, 2.05) is 0 Å². The number of hydrogen-bond donors (Lipinski definition) is 0. The fraction of sp³-hybridized carbons (Fsp3) is 0.967. The number of ether oxygens (including phenoxy) is 1. The second kappa shape index (κ2) is 23.6. The third-order valence-corrected chi connectivity index (χ3v) is 7.19. The van der Waals surface area contributed by atoms with Gasteiger partial charge < -0.3 is 4.74 Å². The van der Waals surface area contributed by atoms with Crippen molar-refractivity contribution in [3.05, 3.63) is 0 Å². The lowest BCUT2D eigenvalue weighted by Crippen LogP contribution is -2.33. The van der Waals surface area contributed by atoms with E-state index >= 15 is 0 Å². The highest BCUT2D eigenvalue weighted by Crippen LogP contribution is 2.38. The summed E-state index contributed by atoms with van der Waals surface area (Å²) < 4.78 is 5.77. The minimum Gasteiger partial charge on any atom is -0.465 e. The molecule has 2 nitrogen and oxygen atoms in total. The van der Waals surface area contributed by atoms with E-state index in [9.17, 15) is 4.79 Å². The van der Waals surface area contributed by atoms with Crippen LogP contribution in [0.3, 0.4) is 0 Å². The Hall–Kier alpha value is -0.530. The van der Waals surface area contributed by atoms with Crippen molar-refractivity contribution in [3.63, 3.8) is 0 Å². The van der Waals surface area contributed by atoms with Crippen LogP contribution >= 0.6 is 0 Å². The third-order valence-electron chi connectivity index (χ3n) is 7.19. The van der Waals surface area contributed by atoms with Crippen molar-refractivity contribution < 1.29 is 9.53 Å². The van der Waals surface area contributed by atoms with Crippen LogP contribution in [0.15, 0.2) is 0 Å². The van der Waals surface area contributed by atoms with Gasteiger partial charge in [0, 0.05) is 0 Å². The number of rotatable bonds is 25. The molecule has 0 rings (SSSR count). The van der Waals surface area contributed by atoms with Crippen molar-refractivity contribution in [1.29, 1.82) is 0 Å². The maximum absolute atomic E-state index is 13.1. The Balaban J connectivity index is 4.11. The van der Waals surface area contributed by atoms with Crippen LogP contribution in [0.1, 0.15) is 175 Å². The molecule has 0 aromatic carbocycles. The SMILES string of the molecule is CCCCCCCCCCCCCCCCC(CCCC)(CCCC)C(=O)OCCCC. The molecule has 0 aliphatic carbocycles. The van der Waals surface area contributed by atoms with Gasteiger partial charge in [-0.15, -0.1) is 0 Å². The zero-order chi connectivity index (χ0) is 23.8. The number of unbranched alkanes of at least 4 members (excludes halogenated alkanes) is 16. The molecule has 192 valence electrons. The summed E-state index contributed by atoms with van der Waals surface area (Å²) in [7, 11) is 0. The van der Waals surface area contributed by atoms with Crippen LogP contribution in [0.25, 0.3) is 0 Å². The van der Waals surface area contributed by atoms with E-state index in [4.69, 9.17) is 4.74 Å². The molecule has 0 aromatic rings. The zero-order valence-corrected chi connectivity index (χ0v) is 22.8. The summed E-state index contributed by atoms with van der Waals surface area (Å²) in [6, 6.07) is 0. The average Bonchev–Trinajstić information content (AvgIpc) is 2.80. The van der Waals surface area contributed by atoms with Gasteiger partial charge in [-0.2, -0.15) is 0 Å². The van der Waals surface area contributed by atoms with Gasteiger partial charge in [0.1, 0.15) is 0 Å². The first-order valence-corrected chi connectivity index (χ1v) is 14.8. The van der Waals surface area contributed by atoms with Gasteiger partial charge in [-0.1, -0.05) is 150 Å². The van der Waals surface area contributed by atoms with Crippen LogP contribution < -0.4 is 0 Å². The molecule has 32 heavy (non-hydrogen) atoms. The molecular formula is C30H60O2. The van der Waals surface area contributed by atoms with Crippen molar-refractivity contribution in [3.8, 4) is 0 Å². The lowest BCUT2D eigenvalue weighted by molar-refractivity contribution is -0.158. The minimum atomic E-state index is -0.211. The average molecular weight is 453 g/mol. The van der Waals surface area contributed by atoms with Crippen molar-refractivity contribution in [2.45, 2.75) is 175 Å². The molecule has 2 heteroatoms. The first-order chi connectivity index (χ1) is 15.7. The van der Waals surface area contributed by atoms with Crippen LogP contribution in [0.4, 0.5) is 0 Å². The van der Waals surface area contributed by atoms with Crippen molar-refractivity contribution >= 4 is 5.97 Å². The summed E-state index contributed by atoms with van der Waals surface area (Å²) in [5, 5.41) is 0. The van der Waals surface area contributed by atoms with E-state index < -0.39 is 0 Å². The quantitative estimate of drug-likeness (QED) is 0.102. The van der Waals surface area contributed by atoms with Crippen molar-refractivity contribution in [2.75, 3.05) is 6.61 Å². The zero-order valence-electron chi connectivity index (χ0n) is 22.8. The number of hydrogen-bond acceptors (Lipinski definition) is 2. The lowest BCUT2D eigenvalue weighted by Gasteiger charge is -2.32. The Morgan fingerprint density at radius 3 is 1.22 bits per heavy atom. The summed E-state index contributed by atoms with van der Waals surface area (Å²) in [6.07, 6.45) is 29.1. The molecule has 0 spiro atoms. The Morgan fingerprint density at radius 1 is 0.469 bits per heavy atom. The highest BCUT2D eigenvalue weighted by molar-refractivity contribution is 5.76. The van der Waals surface area contributed by atoms with Gasteiger partial charge >= 0.3 is 5.97 Å². The number of carbonyl (C=O) groups is 1. The molecule has 0 fully saturated rings. The first kappa shape index (κ1) is 31.5. The highest BCUT2D eigenvalue weighted by Gasteiger charge is 2.38. The Kier molecular flexibility index (Phi) is 23.2. The molecule has 0 atom stereocenters. The summed E-state index contributed by atoms with van der Waals surface area (Å²) in [6.45, 7) is 9.52. The normalized spacial score (nSPS) is 11.8. The molecule has 0 saturated heterocycles. The van der Waals surface area contributed by atoms with Gasteiger partial charge in [-0.05, 0) is 25.7 Å². The van der Waals surface area contributed by atoms with Crippen molar-refractivity contribution in [2.24, 2.45) is 5.41 Å². The van der Waals surface area contributed by atoms with Crippen LogP contribution in [0, 0.1) is 5.41 Å². The number of esters is 1. The fourth-order valence-electron chi connectivity index (χ4n) is 4.83. The predicted molar refractivity (Wildman–Crippen MR) is 142 cm³/mol. The molecule has 0 N–H and O–H groups in total. The van der Waals surface area contributed by atoms with Gasteiger partial charge in [0.2, 0.25) is 0 Å². The van der Waals surface area contributed by atoms with E-state index in [1.165, 1.54) is 89.9 Å². The second-order valence-electron chi connectivity index (χ2n) is 10.3. The largest absolute Gasteiger partial charge is 0.465 e. The standard InChI is InChI=1S/C30H60O2/c1-5-9-13-14-15-16-17-18-19-20-21-22-23-24-27-30(25-10-6-2,26-11-7-3)29(31)32-28-12-8-4/h5-28H2,1-4H3. The first-order valence-electron chi connectivity index (χ1n) is 14.8. The van der Waals surface area contributed by atoms with Crippen LogP contribution in [0.5, 0.6) is 0 Å². The lowest BCUT2D eigenvalue weighted by atomic mass is 9.74. The highest BCUT2D eigenvalue weighted by atomic mass is 16.5. The third kappa shape index (κ3) is 17.0. The summed E-state index contributed by atoms with van der Waals surface area (Å²) in [4.78, 5) is 13.1. The molecule has 0 aliphatic heterocycles. The summed E-state index contributed by atoms with van der Waals surface area (Å²) >= 11 is 0. The van der Waals surface area contributed by atoms with Gasteiger partial charge in [-0.25, -0.2) is 0 Å². The van der Waals surface area contributed by atoms with Crippen LogP contribution in [-0.2, 0) is 9.53 Å². The summed E-state index contributed by atoms with van der Waals surface area (Å²) in [5.74, 6) is 0.113. The Bertz CT molecular complexity index is 382. The molecule has 0 bridgehead atoms. The maximum atomic E-state index is 13.1. The Morgan fingerprint density at radius 2 is 0.812 bits per heavy atom. The van der Waals surface area contributed by atoms with E-state index in [2.05, 4.69) is 27.7 Å². The topological polar surface area (TPSA) is 26.3 Å². The molecule has 0 aromatic heterocycles. The van der Waals surface area contributed by atoms with E-state index in [-0.39, 0.29) is 11.4 Å². The Labute approximate surface area is 203 Å². The number of carbonyl (C=O) groups excluding carboxylic acids is 1. The monoisotopic (exact) mass is 452 g/mol.